The van der Waals surface area contributed by atoms with Gasteiger partial charge in [-0.25, -0.2) is 12.8 Å². The number of sulfonamides is 1. The third-order valence-electron chi connectivity index (χ3n) is 3.82. The highest BCUT2D eigenvalue weighted by molar-refractivity contribution is 9.10. The standard InChI is InChI=1S/C17H15BrFNO2S/c18-15-2-1-3-17(12-15)23(21,22)20-10-8-14(9-11-20)13-4-6-16(19)7-5-13/h1-8,12H,9-11H2. The van der Waals surface area contributed by atoms with E-state index in [0.717, 1.165) is 15.6 Å². The van der Waals surface area contributed by atoms with Crippen LogP contribution in [0.2, 0.25) is 0 Å². The SMILES string of the molecule is O=S(=O)(c1cccc(Br)c1)N1CC=C(c2ccc(F)cc2)CC1. The van der Waals surface area contributed by atoms with Gasteiger partial charge in [0.2, 0.25) is 10.0 Å². The minimum Gasteiger partial charge on any atom is -0.207 e. The Morgan fingerprint density at radius 3 is 2.43 bits per heavy atom. The molecule has 0 saturated carbocycles. The number of halogens is 2. The molecular weight excluding hydrogens is 381 g/mol. The summed E-state index contributed by atoms with van der Waals surface area (Å²) in [7, 11) is -3.50. The van der Waals surface area contributed by atoms with Gasteiger partial charge in [-0.2, -0.15) is 4.31 Å². The summed E-state index contributed by atoms with van der Waals surface area (Å²) in [6, 6.07) is 13.0. The molecule has 6 heteroatoms. The molecule has 1 aliphatic rings. The summed E-state index contributed by atoms with van der Waals surface area (Å²) in [5.74, 6) is -0.274. The average Bonchev–Trinajstić information content (AvgIpc) is 2.56. The van der Waals surface area contributed by atoms with Crippen molar-refractivity contribution in [1.29, 1.82) is 0 Å². The summed E-state index contributed by atoms with van der Waals surface area (Å²) in [5.41, 5.74) is 1.98. The van der Waals surface area contributed by atoms with Crippen molar-refractivity contribution in [2.45, 2.75) is 11.3 Å². The fourth-order valence-electron chi connectivity index (χ4n) is 2.57. The molecule has 0 fully saturated rings. The van der Waals surface area contributed by atoms with Crippen LogP contribution < -0.4 is 0 Å². The molecule has 0 radical (unpaired) electrons. The molecule has 2 aromatic rings. The Morgan fingerprint density at radius 1 is 1.09 bits per heavy atom. The predicted octanol–water partition coefficient (Wildman–Crippen LogP) is 4.07. The van der Waals surface area contributed by atoms with E-state index in [1.807, 2.05) is 6.08 Å². The molecule has 0 saturated heterocycles. The zero-order chi connectivity index (χ0) is 16.4. The Hall–Kier alpha value is -1.50. The molecule has 0 atom stereocenters. The minimum absolute atomic E-state index is 0.274. The van der Waals surface area contributed by atoms with E-state index < -0.39 is 10.0 Å². The van der Waals surface area contributed by atoms with Crippen LogP contribution in [0.4, 0.5) is 4.39 Å². The first-order valence-corrected chi connectivity index (χ1v) is 9.41. The Kier molecular flexibility index (Phi) is 4.66. The second kappa shape index (κ2) is 6.55. The lowest BCUT2D eigenvalue weighted by Crippen LogP contribution is -2.34. The molecule has 3 rings (SSSR count). The van der Waals surface area contributed by atoms with Gasteiger partial charge in [-0.3, -0.25) is 0 Å². The Bertz CT molecular complexity index is 847. The smallest absolute Gasteiger partial charge is 0.207 e. The van der Waals surface area contributed by atoms with Crippen molar-refractivity contribution < 1.29 is 12.8 Å². The predicted molar refractivity (Wildman–Crippen MR) is 91.9 cm³/mol. The fraction of sp³-hybridized carbons (Fsp3) is 0.176. The second-order valence-electron chi connectivity index (χ2n) is 5.31. The van der Waals surface area contributed by atoms with Gasteiger partial charge in [0.05, 0.1) is 4.90 Å². The molecule has 0 N–H and O–H groups in total. The van der Waals surface area contributed by atoms with Crippen molar-refractivity contribution in [1.82, 2.24) is 4.31 Å². The van der Waals surface area contributed by atoms with Crippen LogP contribution in [0, 0.1) is 5.82 Å². The van der Waals surface area contributed by atoms with Crippen molar-refractivity contribution in [3.63, 3.8) is 0 Å². The highest BCUT2D eigenvalue weighted by Gasteiger charge is 2.26. The van der Waals surface area contributed by atoms with Gasteiger partial charge in [-0.15, -0.1) is 0 Å². The number of rotatable bonds is 3. The molecule has 0 aliphatic carbocycles. The van der Waals surface area contributed by atoms with Crippen LogP contribution in [-0.2, 0) is 10.0 Å². The lowest BCUT2D eigenvalue weighted by atomic mass is 10.0. The summed E-state index contributed by atoms with van der Waals surface area (Å²) in [6.45, 7) is 0.736. The number of benzene rings is 2. The maximum Gasteiger partial charge on any atom is 0.243 e. The van der Waals surface area contributed by atoms with E-state index >= 15 is 0 Å². The van der Waals surface area contributed by atoms with Crippen molar-refractivity contribution in [3.05, 3.63) is 70.5 Å². The van der Waals surface area contributed by atoms with E-state index in [1.165, 1.54) is 16.4 Å². The summed E-state index contributed by atoms with van der Waals surface area (Å²) < 4.78 is 40.5. The molecule has 0 bridgehead atoms. The first-order valence-electron chi connectivity index (χ1n) is 7.17. The molecule has 0 aromatic heterocycles. The molecule has 1 aliphatic heterocycles. The topological polar surface area (TPSA) is 37.4 Å². The molecule has 0 amide bonds. The average molecular weight is 396 g/mol. The van der Waals surface area contributed by atoms with Crippen LogP contribution in [-0.4, -0.2) is 25.8 Å². The molecule has 0 unspecified atom stereocenters. The first-order chi connectivity index (χ1) is 11.0. The molecule has 0 spiro atoms. The van der Waals surface area contributed by atoms with Crippen molar-refractivity contribution in [2.75, 3.05) is 13.1 Å². The second-order valence-corrected chi connectivity index (χ2v) is 8.16. The van der Waals surface area contributed by atoms with Gasteiger partial charge in [0.15, 0.2) is 0 Å². The van der Waals surface area contributed by atoms with E-state index in [4.69, 9.17) is 0 Å². The van der Waals surface area contributed by atoms with Crippen molar-refractivity contribution in [2.24, 2.45) is 0 Å². The number of hydrogen-bond acceptors (Lipinski definition) is 2. The largest absolute Gasteiger partial charge is 0.243 e. The van der Waals surface area contributed by atoms with Crippen LogP contribution in [0.25, 0.3) is 5.57 Å². The van der Waals surface area contributed by atoms with Crippen LogP contribution >= 0.6 is 15.9 Å². The highest BCUT2D eigenvalue weighted by atomic mass is 79.9. The lowest BCUT2D eigenvalue weighted by Gasteiger charge is -2.26. The van der Waals surface area contributed by atoms with Crippen molar-refractivity contribution in [3.8, 4) is 0 Å². The third kappa shape index (κ3) is 3.54. The van der Waals surface area contributed by atoms with Crippen LogP contribution in [0.5, 0.6) is 0 Å². The van der Waals surface area contributed by atoms with E-state index in [1.54, 1.807) is 36.4 Å². The molecule has 1 heterocycles. The van der Waals surface area contributed by atoms with Crippen LogP contribution in [0.1, 0.15) is 12.0 Å². The Labute approximate surface area is 143 Å². The van der Waals surface area contributed by atoms with Gasteiger partial charge in [0.25, 0.3) is 0 Å². The summed E-state index contributed by atoms with van der Waals surface area (Å²) in [4.78, 5) is 0.283. The summed E-state index contributed by atoms with van der Waals surface area (Å²) in [5, 5.41) is 0. The molecule has 23 heavy (non-hydrogen) atoms. The maximum atomic E-state index is 13.0. The van der Waals surface area contributed by atoms with E-state index in [0.29, 0.717) is 19.5 Å². The Balaban J connectivity index is 1.81. The van der Waals surface area contributed by atoms with Gasteiger partial charge in [-0.1, -0.05) is 40.2 Å². The van der Waals surface area contributed by atoms with Gasteiger partial charge >= 0.3 is 0 Å². The van der Waals surface area contributed by atoms with Gasteiger partial charge in [0.1, 0.15) is 5.82 Å². The highest BCUT2D eigenvalue weighted by Crippen LogP contribution is 2.27. The molecule has 120 valence electrons. The van der Waals surface area contributed by atoms with Crippen molar-refractivity contribution >= 4 is 31.5 Å². The molecular formula is C17H15BrFNO2S. The van der Waals surface area contributed by atoms with E-state index in [9.17, 15) is 12.8 Å². The van der Waals surface area contributed by atoms with E-state index in [2.05, 4.69) is 15.9 Å². The van der Waals surface area contributed by atoms with Crippen LogP contribution in [0.15, 0.2) is 64.0 Å². The summed E-state index contributed by atoms with van der Waals surface area (Å²) >= 11 is 3.30. The maximum absolute atomic E-state index is 13.0. The fourth-order valence-corrected chi connectivity index (χ4v) is 4.55. The number of hydrogen-bond donors (Lipinski definition) is 0. The molecule has 2 aromatic carbocycles. The normalized spacial score (nSPS) is 16.2. The van der Waals surface area contributed by atoms with Gasteiger partial charge < -0.3 is 0 Å². The van der Waals surface area contributed by atoms with Gasteiger partial charge in [0, 0.05) is 17.6 Å². The van der Waals surface area contributed by atoms with E-state index in [-0.39, 0.29) is 10.7 Å². The monoisotopic (exact) mass is 395 g/mol. The quantitative estimate of drug-likeness (QED) is 0.785. The first kappa shape index (κ1) is 16.4. The lowest BCUT2D eigenvalue weighted by molar-refractivity contribution is 0.441. The third-order valence-corrected chi connectivity index (χ3v) is 6.18. The van der Waals surface area contributed by atoms with Crippen LogP contribution in [0.3, 0.4) is 0 Å². The zero-order valence-corrected chi connectivity index (χ0v) is 14.6. The Morgan fingerprint density at radius 2 is 1.83 bits per heavy atom. The zero-order valence-electron chi connectivity index (χ0n) is 12.2. The number of nitrogens with zero attached hydrogens (tertiary/aromatic N) is 1. The minimum atomic E-state index is -3.50. The molecule has 3 nitrogen and oxygen atoms in total. The van der Waals surface area contributed by atoms with Gasteiger partial charge in [-0.05, 0) is 47.9 Å². The summed E-state index contributed by atoms with van der Waals surface area (Å²) in [6.07, 6.45) is 2.51.